The minimum Gasteiger partial charge on any atom is -0.326 e. The highest BCUT2D eigenvalue weighted by Crippen LogP contribution is 2.23. The van der Waals surface area contributed by atoms with E-state index in [-0.39, 0.29) is 23.8 Å². The Morgan fingerprint density at radius 3 is 2.64 bits per heavy atom. The lowest BCUT2D eigenvalue weighted by Crippen LogP contribution is -2.49. The number of amides is 2. The molecule has 0 radical (unpaired) electrons. The molecule has 2 amide bonds. The number of carbonyl (C=O) groups is 2. The Labute approximate surface area is 171 Å². The summed E-state index contributed by atoms with van der Waals surface area (Å²) in [6, 6.07) is 14.6. The van der Waals surface area contributed by atoms with Gasteiger partial charge in [-0.3, -0.25) is 14.5 Å². The van der Waals surface area contributed by atoms with Crippen molar-refractivity contribution in [1.82, 2.24) is 4.90 Å². The smallest absolute Gasteiger partial charge is 0.241 e. The molecule has 0 aliphatic carbocycles. The first-order valence-electron chi connectivity index (χ1n) is 9.61. The zero-order chi connectivity index (χ0) is 20.1. The van der Waals surface area contributed by atoms with E-state index in [9.17, 15) is 9.59 Å². The maximum Gasteiger partial charge on any atom is 0.241 e. The molecular weight excluding hydrogens is 374 g/mol. The van der Waals surface area contributed by atoms with Crippen molar-refractivity contribution < 1.29 is 9.59 Å². The van der Waals surface area contributed by atoms with E-state index >= 15 is 0 Å². The van der Waals surface area contributed by atoms with E-state index in [1.165, 1.54) is 0 Å². The van der Waals surface area contributed by atoms with Crippen molar-refractivity contribution in [2.45, 2.75) is 32.7 Å². The van der Waals surface area contributed by atoms with Crippen LogP contribution < -0.4 is 10.6 Å². The Morgan fingerprint density at radius 2 is 1.89 bits per heavy atom. The number of anilines is 2. The molecular formula is C22H26ClN3O2. The number of halogens is 1. The first-order valence-corrected chi connectivity index (χ1v) is 9.99. The van der Waals surface area contributed by atoms with E-state index in [1.807, 2.05) is 50.2 Å². The quantitative estimate of drug-likeness (QED) is 0.786. The van der Waals surface area contributed by atoms with Crippen LogP contribution in [-0.2, 0) is 9.59 Å². The van der Waals surface area contributed by atoms with Crippen LogP contribution in [0.15, 0.2) is 48.5 Å². The molecule has 2 atom stereocenters. The van der Waals surface area contributed by atoms with Gasteiger partial charge in [0.1, 0.15) is 0 Å². The number of piperidine rings is 1. The maximum absolute atomic E-state index is 12.7. The summed E-state index contributed by atoms with van der Waals surface area (Å²) in [6.07, 6.45) is 1.72. The Balaban J connectivity index is 1.60. The van der Waals surface area contributed by atoms with Gasteiger partial charge in [0.15, 0.2) is 0 Å². The van der Waals surface area contributed by atoms with E-state index in [1.54, 1.807) is 12.1 Å². The van der Waals surface area contributed by atoms with Crippen molar-refractivity contribution in [2.24, 2.45) is 5.92 Å². The number of aryl methyl sites for hydroxylation is 1. The number of carbonyl (C=O) groups excluding carboxylic acids is 2. The van der Waals surface area contributed by atoms with Gasteiger partial charge in [-0.1, -0.05) is 35.9 Å². The average Bonchev–Trinajstić information content (AvgIpc) is 2.71. The van der Waals surface area contributed by atoms with Gasteiger partial charge in [0.2, 0.25) is 11.8 Å². The van der Waals surface area contributed by atoms with Crippen molar-refractivity contribution in [3.63, 3.8) is 0 Å². The predicted octanol–water partition coefficient (Wildman–Crippen LogP) is 4.33. The Bertz CT molecular complexity index is 841. The van der Waals surface area contributed by atoms with Crippen LogP contribution in [-0.4, -0.2) is 35.8 Å². The van der Waals surface area contributed by atoms with E-state index in [4.69, 9.17) is 11.6 Å². The molecule has 0 spiro atoms. The minimum absolute atomic E-state index is 0.00851. The third-order valence-electron chi connectivity index (χ3n) is 5.25. The third kappa shape index (κ3) is 5.12. The third-order valence-corrected chi connectivity index (χ3v) is 5.48. The number of likely N-dealkylation sites (tertiary alicyclic amines) is 1. The molecule has 2 N–H and O–H groups in total. The molecule has 1 fully saturated rings. The van der Waals surface area contributed by atoms with Gasteiger partial charge < -0.3 is 10.6 Å². The average molecular weight is 400 g/mol. The molecule has 3 rings (SSSR count). The molecule has 5 nitrogen and oxygen atoms in total. The monoisotopic (exact) mass is 399 g/mol. The second-order valence-electron chi connectivity index (χ2n) is 7.31. The fourth-order valence-electron chi connectivity index (χ4n) is 3.47. The molecule has 2 aromatic rings. The summed E-state index contributed by atoms with van der Waals surface area (Å²) in [6.45, 7) is 5.19. The largest absolute Gasteiger partial charge is 0.326 e. The fourth-order valence-corrected chi connectivity index (χ4v) is 3.64. The lowest BCUT2D eigenvalue weighted by molar-refractivity contribution is -0.125. The van der Waals surface area contributed by atoms with Crippen LogP contribution in [0.25, 0.3) is 0 Å². The summed E-state index contributed by atoms with van der Waals surface area (Å²) in [5.74, 6) is -0.208. The number of nitrogens with zero attached hydrogens (tertiary/aromatic N) is 1. The number of hydrogen-bond donors (Lipinski definition) is 2. The van der Waals surface area contributed by atoms with Crippen molar-refractivity contribution >= 4 is 34.8 Å². The van der Waals surface area contributed by atoms with Gasteiger partial charge in [0.25, 0.3) is 0 Å². The predicted molar refractivity (Wildman–Crippen MR) is 114 cm³/mol. The minimum atomic E-state index is -0.328. The highest BCUT2D eigenvalue weighted by molar-refractivity contribution is 6.31. The lowest BCUT2D eigenvalue weighted by atomic mass is 9.95. The lowest BCUT2D eigenvalue weighted by Gasteiger charge is -2.35. The molecule has 1 aliphatic rings. The van der Waals surface area contributed by atoms with Crippen molar-refractivity contribution in [3.05, 3.63) is 59.1 Å². The molecule has 2 unspecified atom stereocenters. The number of nitrogens with one attached hydrogen (secondary N) is 2. The van der Waals surface area contributed by atoms with Crippen LogP contribution in [0.4, 0.5) is 11.4 Å². The highest BCUT2D eigenvalue weighted by atomic mass is 35.5. The molecule has 1 saturated heterocycles. The molecule has 6 heteroatoms. The molecule has 148 valence electrons. The van der Waals surface area contributed by atoms with Gasteiger partial charge >= 0.3 is 0 Å². The maximum atomic E-state index is 12.7. The van der Waals surface area contributed by atoms with Crippen LogP contribution in [0.2, 0.25) is 5.02 Å². The van der Waals surface area contributed by atoms with E-state index in [0.29, 0.717) is 11.6 Å². The van der Waals surface area contributed by atoms with Crippen LogP contribution in [0.5, 0.6) is 0 Å². The second kappa shape index (κ2) is 9.22. The van der Waals surface area contributed by atoms with Crippen LogP contribution in [0, 0.1) is 12.8 Å². The summed E-state index contributed by atoms with van der Waals surface area (Å²) >= 11 is 6.04. The zero-order valence-electron chi connectivity index (χ0n) is 16.2. The fraction of sp³-hybridized carbons (Fsp3) is 0.364. The number of rotatable bonds is 5. The van der Waals surface area contributed by atoms with Gasteiger partial charge in [0.05, 0.1) is 12.0 Å². The standard InChI is InChI=1S/C22H26ClN3O2/c1-15-10-11-18(23)13-20(15)25-21(27)16(2)26-12-6-7-17(14-26)22(28)24-19-8-4-3-5-9-19/h3-5,8-11,13,16-17H,6-7,12,14H2,1-2H3,(H,24,28)(H,25,27). The number of hydrogen-bond acceptors (Lipinski definition) is 3. The topological polar surface area (TPSA) is 61.4 Å². The summed E-state index contributed by atoms with van der Waals surface area (Å²) in [7, 11) is 0. The number of benzene rings is 2. The molecule has 1 aliphatic heterocycles. The zero-order valence-corrected chi connectivity index (χ0v) is 17.0. The highest BCUT2D eigenvalue weighted by Gasteiger charge is 2.31. The molecule has 0 saturated carbocycles. The second-order valence-corrected chi connectivity index (χ2v) is 7.75. The Hall–Kier alpha value is -2.37. The summed E-state index contributed by atoms with van der Waals surface area (Å²) in [5.41, 5.74) is 2.48. The van der Waals surface area contributed by atoms with E-state index in [0.717, 1.165) is 36.3 Å². The Kier molecular flexibility index (Phi) is 6.70. The SMILES string of the molecule is Cc1ccc(Cl)cc1NC(=O)C(C)N1CCCC(C(=O)Nc2ccccc2)C1. The molecule has 1 heterocycles. The van der Waals surface area contributed by atoms with Gasteiger partial charge in [-0.05, 0) is 63.1 Å². The summed E-state index contributed by atoms with van der Waals surface area (Å²) < 4.78 is 0. The molecule has 0 aromatic heterocycles. The number of para-hydroxylation sites is 1. The van der Waals surface area contributed by atoms with Gasteiger partial charge in [-0.15, -0.1) is 0 Å². The first-order chi connectivity index (χ1) is 13.4. The molecule has 2 aromatic carbocycles. The van der Waals surface area contributed by atoms with Gasteiger partial charge in [0, 0.05) is 22.9 Å². The first kappa shape index (κ1) is 20.4. The normalized spacial score (nSPS) is 18.3. The van der Waals surface area contributed by atoms with Gasteiger partial charge in [-0.2, -0.15) is 0 Å². The van der Waals surface area contributed by atoms with E-state index < -0.39 is 0 Å². The van der Waals surface area contributed by atoms with E-state index in [2.05, 4.69) is 15.5 Å². The Morgan fingerprint density at radius 1 is 1.14 bits per heavy atom. The van der Waals surface area contributed by atoms with Gasteiger partial charge in [-0.25, -0.2) is 0 Å². The molecule has 0 bridgehead atoms. The van der Waals surface area contributed by atoms with Crippen molar-refractivity contribution in [2.75, 3.05) is 23.7 Å². The summed E-state index contributed by atoms with van der Waals surface area (Å²) in [5, 5.41) is 6.53. The summed E-state index contributed by atoms with van der Waals surface area (Å²) in [4.78, 5) is 27.4. The van der Waals surface area contributed by atoms with Crippen LogP contribution >= 0.6 is 11.6 Å². The van der Waals surface area contributed by atoms with Crippen LogP contribution in [0.3, 0.4) is 0 Å². The van der Waals surface area contributed by atoms with Crippen molar-refractivity contribution in [1.29, 1.82) is 0 Å². The van der Waals surface area contributed by atoms with Crippen molar-refractivity contribution in [3.8, 4) is 0 Å². The molecule has 28 heavy (non-hydrogen) atoms. The van der Waals surface area contributed by atoms with Crippen LogP contribution in [0.1, 0.15) is 25.3 Å².